The molecule has 0 amide bonds. The highest BCUT2D eigenvalue weighted by molar-refractivity contribution is 5.66. The van der Waals surface area contributed by atoms with E-state index in [9.17, 15) is 20.1 Å². The van der Waals surface area contributed by atoms with Gasteiger partial charge in [0.25, 0.3) is 0 Å². The number of carbonyl (C=O) groups is 1. The molecule has 2 saturated carbocycles. The maximum atomic E-state index is 11.4. The fraction of sp³-hybridized carbons (Fsp3) is 0.708. The minimum atomic E-state index is -0.773. The Bertz CT molecular complexity index is 782. The van der Waals surface area contributed by atoms with Crippen LogP contribution in [0.4, 0.5) is 0 Å². The van der Waals surface area contributed by atoms with E-state index < -0.39 is 18.2 Å². The zero-order valence-electron chi connectivity index (χ0n) is 17.6. The Kier molecular flexibility index (Phi) is 4.98. The molecule has 0 unspecified atom stereocenters. The fourth-order valence-electron chi connectivity index (χ4n) is 7.25. The van der Waals surface area contributed by atoms with Crippen LogP contribution in [0.3, 0.4) is 0 Å². The Balaban J connectivity index is 1.70. The highest BCUT2D eigenvalue weighted by Crippen LogP contribution is 2.65. The van der Waals surface area contributed by atoms with E-state index in [1.54, 1.807) is 6.08 Å². The Morgan fingerprint density at radius 3 is 2.66 bits per heavy atom. The lowest BCUT2D eigenvalue weighted by molar-refractivity contribution is -0.137. The molecular formula is C24H34O5. The number of carboxylic acids is 1. The van der Waals surface area contributed by atoms with E-state index in [1.165, 1.54) is 0 Å². The number of rotatable bonds is 4. The van der Waals surface area contributed by atoms with E-state index in [2.05, 4.69) is 20.8 Å². The second-order valence-electron chi connectivity index (χ2n) is 10.3. The van der Waals surface area contributed by atoms with Crippen molar-refractivity contribution in [3.05, 3.63) is 35.6 Å². The minimum Gasteiger partial charge on any atom is -0.508 e. The van der Waals surface area contributed by atoms with Gasteiger partial charge in [-0.1, -0.05) is 38.5 Å². The van der Waals surface area contributed by atoms with Crippen molar-refractivity contribution in [3.8, 4) is 0 Å². The first-order valence-electron chi connectivity index (χ1n) is 11.0. The number of aliphatic hydroxyl groups is 3. The largest absolute Gasteiger partial charge is 0.508 e. The van der Waals surface area contributed by atoms with Gasteiger partial charge in [-0.05, 0) is 61.5 Å². The van der Waals surface area contributed by atoms with Crippen molar-refractivity contribution in [1.29, 1.82) is 0 Å². The number of hydrogen-bond donors (Lipinski definition) is 4. The third-order valence-electron chi connectivity index (χ3n) is 8.93. The van der Waals surface area contributed by atoms with E-state index in [0.29, 0.717) is 12.8 Å². The number of allylic oxidation sites excluding steroid dienone is 3. The summed E-state index contributed by atoms with van der Waals surface area (Å²) < 4.78 is 0. The van der Waals surface area contributed by atoms with Crippen molar-refractivity contribution >= 4 is 5.97 Å². The van der Waals surface area contributed by atoms with Crippen LogP contribution in [0, 0.1) is 40.4 Å². The van der Waals surface area contributed by atoms with Crippen molar-refractivity contribution in [2.75, 3.05) is 0 Å². The average Bonchev–Trinajstić information content (AvgIpc) is 3.01. The van der Waals surface area contributed by atoms with Crippen LogP contribution in [0.2, 0.25) is 0 Å². The van der Waals surface area contributed by atoms with Gasteiger partial charge in [-0.2, -0.15) is 0 Å². The van der Waals surface area contributed by atoms with Gasteiger partial charge < -0.3 is 20.4 Å². The maximum absolute atomic E-state index is 11.4. The lowest BCUT2D eigenvalue weighted by Crippen LogP contribution is -2.55. The lowest BCUT2D eigenvalue weighted by Gasteiger charge is -2.57. The summed E-state index contributed by atoms with van der Waals surface area (Å²) in [7, 11) is 0. The molecule has 0 spiro atoms. The summed E-state index contributed by atoms with van der Waals surface area (Å²) in [5.74, 6) is 0.119. The molecule has 160 valence electrons. The van der Waals surface area contributed by atoms with Crippen molar-refractivity contribution in [3.63, 3.8) is 0 Å². The standard InChI is InChI=1S/C24H34O5/c1-13(4-7-21(28)29)16-5-6-17-22-18(12-20(27)24(16,17)3)23(2)9-8-15(25)10-14(23)11-19(22)26/h8-10,12-14,16-17,19-20,22,25-27H,4-7,11H2,1-3H3,(H,28,29)/t13-,14+,16-,17+,19-,20+,22+,23+,24-/m1/s1. The smallest absolute Gasteiger partial charge is 0.303 e. The molecule has 9 atom stereocenters. The molecular weight excluding hydrogens is 368 g/mol. The molecule has 0 saturated heterocycles. The molecule has 0 radical (unpaired) electrons. The Labute approximate surface area is 172 Å². The van der Waals surface area contributed by atoms with Gasteiger partial charge in [0.05, 0.1) is 12.2 Å². The summed E-state index contributed by atoms with van der Waals surface area (Å²) in [6, 6.07) is 0. The monoisotopic (exact) mass is 402 g/mol. The van der Waals surface area contributed by atoms with E-state index in [0.717, 1.165) is 18.4 Å². The Morgan fingerprint density at radius 1 is 1.24 bits per heavy atom. The predicted molar refractivity (Wildman–Crippen MR) is 110 cm³/mol. The Hall–Kier alpha value is -1.59. The van der Waals surface area contributed by atoms with E-state index in [4.69, 9.17) is 5.11 Å². The normalized spacial score (nSPS) is 46.8. The van der Waals surface area contributed by atoms with Gasteiger partial charge in [0.1, 0.15) is 5.76 Å². The molecule has 4 N–H and O–H groups in total. The van der Waals surface area contributed by atoms with Crippen LogP contribution >= 0.6 is 0 Å². The molecule has 2 fully saturated rings. The lowest BCUT2D eigenvalue weighted by atomic mass is 9.49. The van der Waals surface area contributed by atoms with Crippen LogP contribution in [0.1, 0.15) is 52.9 Å². The number of aliphatic hydroxyl groups excluding tert-OH is 3. The van der Waals surface area contributed by atoms with Gasteiger partial charge in [0.2, 0.25) is 0 Å². The van der Waals surface area contributed by atoms with E-state index in [1.807, 2.05) is 18.2 Å². The third kappa shape index (κ3) is 3.00. The van der Waals surface area contributed by atoms with Crippen molar-refractivity contribution in [2.24, 2.45) is 40.4 Å². The highest BCUT2D eigenvalue weighted by atomic mass is 16.4. The summed E-state index contributed by atoms with van der Waals surface area (Å²) >= 11 is 0. The first kappa shape index (κ1) is 20.7. The zero-order valence-corrected chi connectivity index (χ0v) is 17.6. The second kappa shape index (κ2) is 6.98. The topological polar surface area (TPSA) is 98.0 Å². The van der Waals surface area contributed by atoms with Crippen LogP contribution in [0.25, 0.3) is 0 Å². The van der Waals surface area contributed by atoms with Crippen LogP contribution in [0.5, 0.6) is 0 Å². The molecule has 0 heterocycles. The molecule has 5 nitrogen and oxygen atoms in total. The molecule has 0 aromatic heterocycles. The van der Waals surface area contributed by atoms with Crippen molar-refractivity contribution < 1.29 is 25.2 Å². The highest BCUT2D eigenvalue weighted by Gasteiger charge is 2.62. The van der Waals surface area contributed by atoms with Crippen molar-refractivity contribution in [2.45, 2.75) is 65.1 Å². The van der Waals surface area contributed by atoms with E-state index in [-0.39, 0.29) is 52.6 Å². The molecule has 4 rings (SSSR count). The van der Waals surface area contributed by atoms with Crippen LogP contribution < -0.4 is 0 Å². The molecule has 0 aromatic carbocycles. The van der Waals surface area contributed by atoms with E-state index >= 15 is 0 Å². The summed E-state index contributed by atoms with van der Waals surface area (Å²) in [4.78, 5) is 11.0. The maximum Gasteiger partial charge on any atom is 0.303 e. The van der Waals surface area contributed by atoms with Gasteiger partial charge >= 0.3 is 5.97 Å². The SMILES string of the molecule is C[C@H](CCC(=O)O)[C@H]1CC[C@H]2[C@H]3C(=C[C@H](O)[C@]12C)[C@@]1(C)C=CC(O)=C[C@H]1C[C@H]3O. The summed E-state index contributed by atoms with van der Waals surface area (Å²) in [5.41, 5.74) is 0.452. The fourth-order valence-corrected chi connectivity index (χ4v) is 7.25. The van der Waals surface area contributed by atoms with Gasteiger partial charge in [-0.25, -0.2) is 0 Å². The predicted octanol–water partition coefficient (Wildman–Crippen LogP) is 3.84. The molecule has 29 heavy (non-hydrogen) atoms. The van der Waals surface area contributed by atoms with Gasteiger partial charge in [0.15, 0.2) is 0 Å². The van der Waals surface area contributed by atoms with Crippen LogP contribution in [-0.2, 0) is 4.79 Å². The molecule has 0 aromatic rings. The van der Waals surface area contributed by atoms with Crippen LogP contribution in [-0.4, -0.2) is 38.6 Å². The molecule has 0 bridgehead atoms. The molecule has 5 heteroatoms. The quantitative estimate of drug-likeness (QED) is 0.536. The first-order chi connectivity index (χ1) is 13.6. The number of hydrogen-bond acceptors (Lipinski definition) is 4. The average molecular weight is 403 g/mol. The number of fused-ring (bicyclic) bond motifs is 5. The molecule has 4 aliphatic carbocycles. The van der Waals surface area contributed by atoms with Gasteiger partial charge in [-0.15, -0.1) is 0 Å². The summed E-state index contributed by atoms with van der Waals surface area (Å²) in [6.45, 7) is 6.41. The molecule has 0 aliphatic heterocycles. The first-order valence-corrected chi connectivity index (χ1v) is 11.0. The molecule has 4 aliphatic rings. The zero-order chi connectivity index (χ0) is 21.1. The Morgan fingerprint density at radius 2 is 1.97 bits per heavy atom. The number of carboxylic acid groups (broad SMARTS) is 1. The van der Waals surface area contributed by atoms with Crippen LogP contribution in [0.15, 0.2) is 35.6 Å². The van der Waals surface area contributed by atoms with Crippen molar-refractivity contribution in [1.82, 2.24) is 0 Å². The number of aliphatic carboxylic acids is 1. The second-order valence-corrected chi connectivity index (χ2v) is 10.3. The minimum absolute atomic E-state index is 0.000355. The van der Waals surface area contributed by atoms with Gasteiger partial charge in [-0.3, -0.25) is 4.79 Å². The summed E-state index contributed by atoms with van der Waals surface area (Å²) in [5, 5.41) is 41.5. The van der Waals surface area contributed by atoms with Gasteiger partial charge in [0, 0.05) is 23.2 Å². The third-order valence-corrected chi connectivity index (χ3v) is 8.93. The summed E-state index contributed by atoms with van der Waals surface area (Å²) in [6.07, 6.45) is 9.76.